The minimum absolute atomic E-state index is 0.173. The second-order valence-electron chi connectivity index (χ2n) is 6.44. The molecule has 4 nitrogen and oxygen atoms in total. The fraction of sp³-hybridized carbons (Fsp3) is 0.217. The first-order chi connectivity index (χ1) is 13.0. The molecule has 4 heteroatoms. The molecule has 0 fully saturated rings. The Bertz CT molecular complexity index is 1140. The van der Waals surface area contributed by atoms with Crippen LogP contribution in [0.3, 0.4) is 0 Å². The fourth-order valence-corrected chi connectivity index (χ4v) is 3.25. The van der Waals surface area contributed by atoms with Crippen LogP contribution in [0.15, 0.2) is 59.5 Å². The summed E-state index contributed by atoms with van der Waals surface area (Å²) >= 11 is 0. The standard InChI is InChI=1S/C21H18N2O2.C2H6/c1-13-6-8-15(9-7-13)11-22-21(25)18-12-23-14(2)10-16-4-3-5-17(19(16)23)20(18)24;1-2/h3-10,12H,11H2,1-2H3,(H,22,25);1-2H3. The van der Waals surface area contributed by atoms with Crippen LogP contribution in [0.25, 0.3) is 16.3 Å². The Balaban J connectivity index is 0.00000102. The minimum Gasteiger partial charge on any atom is -0.348 e. The van der Waals surface area contributed by atoms with Crippen LogP contribution in [0.5, 0.6) is 0 Å². The van der Waals surface area contributed by atoms with Crippen molar-refractivity contribution in [3.63, 3.8) is 0 Å². The van der Waals surface area contributed by atoms with Gasteiger partial charge in [0.1, 0.15) is 5.56 Å². The van der Waals surface area contributed by atoms with Crippen molar-refractivity contribution in [1.82, 2.24) is 9.72 Å². The van der Waals surface area contributed by atoms with Crippen molar-refractivity contribution in [1.29, 1.82) is 0 Å². The van der Waals surface area contributed by atoms with Gasteiger partial charge in [-0.3, -0.25) is 9.59 Å². The van der Waals surface area contributed by atoms with E-state index in [2.05, 4.69) is 5.32 Å². The van der Waals surface area contributed by atoms with E-state index in [-0.39, 0.29) is 16.9 Å². The first-order valence-corrected chi connectivity index (χ1v) is 9.25. The van der Waals surface area contributed by atoms with Crippen molar-refractivity contribution >= 4 is 22.2 Å². The predicted octanol–water partition coefficient (Wildman–Crippen LogP) is 4.46. The number of nitrogens with one attached hydrogen (secondary N) is 1. The lowest BCUT2D eigenvalue weighted by molar-refractivity contribution is 0.0949. The summed E-state index contributed by atoms with van der Waals surface area (Å²) in [4.78, 5) is 25.4. The van der Waals surface area contributed by atoms with Crippen molar-refractivity contribution in [3.05, 3.63) is 87.3 Å². The van der Waals surface area contributed by atoms with Gasteiger partial charge in [0.25, 0.3) is 5.91 Å². The van der Waals surface area contributed by atoms with E-state index in [1.807, 2.05) is 74.6 Å². The molecule has 0 atom stereocenters. The highest BCUT2D eigenvalue weighted by molar-refractivity contribution is 6.02. The quantitative estimate of drug-likeness (QED) is 0.586. The third-order valence-electron chi connectivity index (χ3n) is 4.62. The van der Waals surface area contributed by atoms with E-state index >= 15 is 0 Å². The topological polar surface area (TPSA) is 50.6 Å². The maximum atomic E-state index is 12.8. The number of carbonyl (C=O) groups is 1. The third-order valence-corrected chi connectivity index (χ3v) is 4.62. The van der Waals surface area contributed by atoms with Crippen molar-refractivity contribution in [2.45, 2.75) is 34.2 Å². The lowest BCUT2D eigenvalue weighted by Crippen LogP contribution is -2.29. The number of aryl methyl sites for hydroxylation is 2. The second kappa shape index (κ2) is 7.62. The Morgan fingerprint density at radius 2 is 1.74 bits per heavy atom. The Labute approximate surface area is 158 Å². The van der Waals surface area contributed by atoms with Gasteiger partial charge in [0.15, 0.2) is 0 Å². The summed E-state index contributed by atoms with van der Waals surface area (Å²) < 4.78 is 1.92. The van der Waals surface area contributed by atoms with E-state index in [1.165, 1.54) is 5.56 Å². The van der Waals surface area contributed by atoms with Crippen LogP contribution >= 0.6 is 0 Å². The number of para-hydroxylation sites is 1. The molecular formula is C23H24N2O2. The molecule has 1 N–H and O–H groups in total. The van der Waals surface area contributed by atoms with E-state index < -0.39 is 0 Å². The maximum absolute atomic E-state index is 12.8. The summed E-state index contributed by atoms with van der Waals surface area (Å²) in [6.45, 7) is 8.38. The Morgan fingerprint density at radius 3 is 2.44 bits per heavy atom. The van der Waals surface area contributed by atoms with Gasteiger partial charge in [0.05, 0.1) is 5.52 Å². The van der Waals surface area contributed by atoms with Gasteiger partial charge in [-0.15, -0.1) is 0 Å². The van der Waals surface area contributed by atoms with Crippen LogP contribution in [-0.4, -0.2) is 10.3 Å². The highest BCUT2D eigenvalue weighted by atomic mass is 16.2. The molecule has 2 aromatic carbocycles. The highest BCUT2D eigenvalue weighted by Crippen LogP contribution is 2.23. The maximum Gasteiger partial charge on any atom is 0.257 e. The third kappa shape index (κ3) is 3.43. The molecule has 2 heterocycles. The van der Waals surface area contributed by atoms with Gasteiger partial charge in [-0.25, -0.2) is 0 Å². The number of carbonyl (C=O) groups excluding carboxylic acids is 1. The Hall–Kier alpha value is -3.14. The zero-order chi connectivity index (χ0) is 19.6. The van der Waals surface area contributed by atoms with E-state index in [0.717, 1.165) is 22.2 Å². The number of rotatable bonds is 3. The number of nitrogens with zero attached hydrogens (tertiary/aromatic N) is 1. The fourth-order valence-electron chi connectivity index (χ4n) is 3.25. The zero-order valence-corrected chi connectivity index (χ0v) is 16.2. The first-order valence-electron chi connectivity index (χ1n) is 9.25. The van der Waals surface area contributed by atoms with Gasteiger partial charge in [-0.2, -0.15) is 0 Å². The van der Waals surface area contributed by atoms with Gasteiger partial charge in [-0.05, 0) is 31.5 Å². The largest absolute Gasteiger partial charge is 0.348 e. The summed E-state index contributed by atoms with van der Waals surface area (Å²) in [6.07, 6.45) is 1.65. The lowest BCUT2D eigenvalue weighted by atomic mass is 10.1. The molecule has 0 spiro atoms. The molecule has 0 aliphatic carbocycles. The number of hydrogen-bond acceptors (Lipinski definition) is 2. The van der Waals surface area contributed by atoms with Crippen LogP contribution in [-0.2, 0) is 6.54 Å². The zero-order valence-electron chi connectivity index (χ0n) is 16.2. The Morgan fingerprint density at radius 1 is 1.04 bits per heavy atom. The van der Waals surface area contributed by atoms with E-state index in [9.17, 15) is 9.59 Å². The van der Waals surface area contributed by atoms with Gasteiger partial charge in [0, 0.05) is 29.2 Å². The minimum atomic E-state index is -0.346. The smallest absolute Gasteiger partial charge is 0.257 e. The van der Waals surface area contributed by atoms with Crippen molar-refractivity contribution < 1.29 is 4.79 Å². The first kappa shape index (κ1) is 18.6. The molecular weight excluding hydrogens is 336 g/mol. The average Bonchev–Trinajstić information content (AvgIpc) is 3.01. The molecule has 0 saturated carbocycles. The van der Waals surface area contributed by atoms with E-state index in [4.69, 9.17) is 0 Å². The summed E-state index contributed by atoms with van der Waals surface area (Å²) in [5, 5.41) is 4.44. The van der Waals surface area contributed by atoms with Gasteiger partial charge < -0.3 is 9.72 Å². The van der Waals surface area contributed by atoms with Crippen LogP contribution in [0.2, 0.25) is 0 Å². The number of benzene rings is 2. The molecule has 0 radical (unpaired) electrons. The SMILES string of the molecule is CC.Cc1ccc(CNC(=O)c2cn3c(C)cc4cccc(c2=O)c43)cc1. The summed E-state index contributed by atoms with van der Waals surface area (Å²) in [7, 11) is 0. The van der Waals surface area contributed by atoms with Crippen molar-refractivity contribution in [3.8, 4) is 0 Å². The number of amides is 1. The van der Waals surface area contributed by atoms with Crippen molar-refractivity contribution in [2.75, 3.05) is 0 Å². The number of hydrogen-bond donors (Lipinski definition) is 1. The lowest BCUT2D eigenvalue weighted by Gasteiger charge is -2.08. The molecule has 4 aromatic rings. The van der Waals surface area contributed by atoms with Crippen LogP contribution in [0, 0.1) is 13.8 Å². The molecule has 0 bridgehead atoms. The summed E-state index contributed by atoms with van der Waals surface area (Å²) in [5.74, 6) is -0.346. The molecule has 138 valence electrons. The second-order valence-corrected chi connectivity index (χ2v) is 6.44. The molecule has 0 aliphatic heterocycles. The molecule has 4 rings (SSSR count). The van der Waals surface area contributed by atoms with Crippen LogP contribution < -0.4 is 10.7 Å². The average molecular weight is 360 g/mol. The summed E-state index contributed by atoms with van der Waals surface area (Å²) in [6, 6.07) is 15.6. The molecule has 2 aromatic heterocycles. The van der Waals surface area contributed by atoms with Gasteiger partial charge in [-0.1, -0.05) is 55.8 Å². The normalized spacial score (nSPS) is 10.7. The highest BCUT2D eigenvalue weighted by Gasteiger charge is 2.17. The molecule has 0 aliphatic rings. The van der Waals surface area contributed by atoms with E-state index in [1.54, 1.807) is 12.3 Å². The van der Waals surface area contributed by atoms with Gasteiger partial charge >= 0.3 is 0 Å². The van der Waals surface area contributed by atoms with Gasteiger partial charge in [0.2, 0.25) is 5.43 Å². The van der Waals surface area contributed by atoms with E-state index in [0.29, 0.717) is 11.9 Å². The molecule has 1 amide bonds. The summed E-state index contributed by atoms with van der Waals surface area (Å²) in [5.41, 5.74) is 3.99. The molecule has 27 heavy (non-hydrogen) atoms. The van der Waals surface area contributed by atoms with Crippen LogP contribution in [0.4, 0.5) is 0 Å². The predicted molar refractivity (Wildman–Crippen MR) is 111 cm³/mol. The Kier molecular flexibility index (Phi) is 5.26. The molecule has 0 saturated heterocycles. The number of pyridine rings is 1. The number of aromatic nitrogens is 1. The van der Waals surface area contributed by atoms with Crippen LogP contribution in [0.1, 0.15) is 41.0 Å². The monoisotopic (exact) mass is 360 g/mol. The van der Waals surface area contributed by atoms with Crippen molar-refractivity contribution in [2.24, 2.45) is 0 Å². The molecule has 0 unspecified atom stereocenters.